The fourth-order valence-corrected chi connectivity index (χ4v) is 9.18. The largest absolute Gasteiger partial charge is 0.415 e. The van der Waals surface area contributed by atoms with Crippen LogP contribution in [0.2, 0.25) is 26.2 Å². The molecule has 0 radical (unpaired) electrons. The summed E-state index contributed by atoms with van der Waals surface area (Å²) in [5.41, 5.74) is 0. The lowest BCUT2D eigenvalue weighted by molar-refractivity contribution is 0.190. The van der Waals surface area contributed by atoms with Crippen LogP contribution >= 0.6 is 0 Å². The minimum absolute atomic E-state index is 0.829. The molecule has 0 saturated heterocycles. The summed E-state index contributed by atoms with van der Waals surface area (Å²) in [7, 11) is -4.09. The molecule has 0 amide bonds. The molecule has 5 heteroatoms. The summed E-state index contributed by atoms with van der Waals surface area (Å²) >= 11 is 0. The molecule has 0 aromatic heterocycles. The van der Waals surface area contributed by atoms with Crippen LogP contribution in [0.3, 0.4) is 0 Å². The average molecular weight is 363 g/mol. The third-order valence-electron chi connectivity index (χ3n) is 3.89. The van der Waals surface area contributed by atoms with E-state index in [0.29, 0.717) is 0 Å². The van der Waals surface area contributed by atoms with Gasteiger partial charge in [-0.2, -0.15) is 0 Å². The predicted octanol–water partition coefficient (Wildman–Crippen LogP) is 6.38. The molecule has 0 bridgehead atoms. The van der Waals surface area contributed by atoms with Gasteiger partial charge >= 0.3 is 17.1 Å². The van der Waals surface area contributed by atoms with E-state index in [1.54, 1.807) is 0 Å². The molecule has 0 spiro atoms. The average Bonchev–Trinajstić information content (AvgIpc) is 2.45. The quantitative estimate of drug-likeness (QED) is 0.235. The van der Waals surface area contributed by atoms with Gasteiger partial charge in [0.15, 0.2) is 0 Å². The van der Waals surface area contributed by atoms with Crippen molar-refractivity contribution in [3.8, 4) is 0 Å². The van der Waals surface area contributed by atoms with Gasteiger partial charge in [-0.25, -0.2) is 0 Å². The van der Waals surface area contributed by atoms with Gasteiger partial charge in [-0.05, 0) is 39.0 Å². The molecule has 0 aliphatic rings. The Balaban J connectivity index is 3.76. The maximum atomic E-state index is 6.30. The highest BCUT2D eigenvalue weighted by atomic mass is 28.5. The van der Waals surface area contributed by atoms with E-state index in [9.17, 15) is 0 Å². The first-order chi connectivity index (χ1) is 10.8. The van der Waals surface area contributed by atoms with Gasteiger partial charge < -0.3 is 13.0 Å². The fraction of sp³-hybridized carbons (Fsp3) is 1.00. The topological polar surface area (TPSA) is 27.7 Å². The molecule has 0 atom stereocenters. The molecule has 0 rings (SSSR count). The molecule has 0 aromatic rings. The lowest BCUT2D eigenvalue weighted by Crippen LogP contribution is -2.48. The first-order valence-corrected chi connectivity index (χ1v) is 15.4. The highest BCUT2D eigenvalue weighted by Crippen LogP contribution is 2.18. The van der Waals surface area contributed by atoms with Crippen molar-refractivity contribution in [2.45, 2.75) is 104 Å². The number of rotatable bonds is 16. The Morgan fingerprint density at radius 3 is 1.35 bits per heavy atom. The fourth-order valence-electron chi connectivity index (χ4n) is 2.70. The van der Waals surface area contributed by atoms with Crippen molar-refractivity contribution in [1.82, 2.24) is 0 Å². The lowest BCUT2D eigenvalue weighted by Gasteiger charge is -2.32. The standard InChI is InChI=1S/C18H42O3Si2/c1-7-9-11-12-13-14-16-18-20-23(5,6)21-22(3,4)19-17-15-10-8-2/h7-18H2,1-6H3. The second kappa shape index (κ2) is 13.6. The maximum absolute atomic E-state index is 6.30. The zero-order valence-corrected chi connectivity index (χ0v) is 18.7. The van der Waals surface area contributed by atoms with Crippen LogP contribution in [0.4, 0.5) is 0 Å². The summed E-state index contributed by atoms with van der Waals surface area (Å²) in [6, 6.07) is 0. The SMILES string of the molecule is CCCCCCCCCO[Si](C)(C)O[Si](C)(C)OCCCCC. The molecular weight excluding hydrogens is 320 g/mol. The number of unbranched alkanes of at least 4 members (excludes halogenated alkanes) is 8. The van der Waals surface area contributed by atoms with Crippen molar-refractivity contribution >= 4 is 17.1 Å². The Morgan fingerprint density at radius 1 is 0.522 bits per heavy atom. The third-order valence-corrected chi connectivity index (χ3v) is 9.62. The van der Waals surface area contributed by atoms with Gasteiger partial charge in [-0.3, -0.25) is 0 Å². The van der Waals surface area contributed by atoms with Crippen LogP contribution in [-0.2, 0) is 13.0 Å². The molecular formula is C18H42O3Si2. The molecule has 0 aliphatic heterocycles. The number of hydrogen-bond donors (Lipinski definition) is 0. The van der Waals surface area contributed by atoms with E-state index in [1.807, 2.05) is 0 Å². The molecule has 0 fully saturated rings. The highest BCUT2D eigenvalue weighted by Gasteiger charge is 2.36. The van der Waals surface area contributed by atoms with E-state index in [0.717, 1.165) is 26.1 Å². The molecule has 3 nitrogen and oxygen atoms in total. The monoisotopic (exact) mass is 362 g/mol. The molecule has 0 aliphatic carbocycles. The van der Waals surface area contributed by atoms with Crippen molar-refractivity contribution in [3.63, 3.8) is 0 Å². The van der Waals surface area contributed by atoms with Gasteiger partial charge in [0.05, 0.1) is 0 Å². The summed E-state index contributed by atoms with van der Waals surface area (Å²) in [5, 5.41) is 0. The van der Waals surface area contributed by atoms with Gasteiger partial charge in [0.2, 0.25) is 0 Å². The summed E-state index contributed by atoms with van der Waals surface area (Å²) < 4.78 is 18.4. The maximum Gasteiger partial charge on any atom is 0.322 e. The van der Waals surface area contributed by atoms with Crippen LogP contribution in [0.5, 0.6) is 0 Å². The van der Waals surface area contributed by atoms with Crippen LogP contribution in [0.25, 0.3) is 0 Å². The van der Waals surface area contributed by atoms with Crippen LogP contribution in [0.15, 0.2) is 0 Å². The third kappa shape index (κ3) is 15.6. The van der Waals surface area contributed by atoms with Crippen molar-refractivity contribution in [3.05, 3.63) is 0 Å². The Morgan fingerprint density at radius 2 is 0.870 bits per heavy atom. The summed E-state index contributed by atoms with van der Waals surface area (Å²) in [5.74, 6) is 0. The van der Waals surface area contributed by atoms with E-state index in [2.05, 4.69) is 40.0 Å². The normalized spacial score (nSPS) is 12.8. The van der Waals surface area contributed by atoms with E-state index < -0.39 is 17.1 Å². The Bertz CT molecular complexity index is 271. The zero-order chi connectivity index (χ0) is 17.6. The minimum Gasteiger partial charge on any atom is -0.415 e. The molecule has 0 unspecified atom stereocenters. The summed E-state index contributed by atoms with van der Waals surface area (Å²) in [4.78, 5) is 0. The van der Waals surface area contributed by atoms with E-state index in [-0.39, 0.29) is 0 Å². The highest BCUT2D eigenvalue weighted by molar-refractivity contribution is 6.78. The predicted molar refractivity (Wildman–Crippen MR) is 105 cm³/mol. The van der Waals surface area contributed by atoms with Gasteiger partial charge in [0, 0.05) is 13.2 Å². The van der Waals surface area contributed by atoms with E-state index in [4.69, 9.17) is 13.0 Å². The summed E-state index contributed by atoms with van der Waals surface area (Å²) in [6.45, 7) is 14.7. The Kier molecular flexibility index (Phi) is 13.8. The van der Waals surface area contributed by atoms with Gasteiger partial charge in [-0.1, -0.05) is 65.2 Å². The van der Waals surface area contributed by atoms with Crippen LogP contribution < -0.4 is 0 Å². The molecule has 0 heterocycles. The summed E-state index contributed by atoms with van der Waals surface area (Å²) in [6.07, 6.45) is 12.8. The zero-order valence-electron chi connectivity index (χ0n) is 16.7. The molecule has 0 saturated carbocycles. The minimum atomic E-state index is -2.05. The first kappa shape index (κ1) is 23.3. The second-order valence-electron chi connectivity index (χ2n) is 7.43. The molecule has 23 heavy (non-hydrogen) atoms. The molecule has 0 aromatic carbocycles. The Hall–Kier alpha value is 0.314. The first-order valence-electron chi connectivity index (χ1n) is 9.81. The van der Waals surface area contributed by atoms with Crippen LogP contribution in [0.1, 0.15) is 78.1 Å². The smallest absolute Gasteiger partial charge is 0.322 e. The van der Waals surface area contributed by atoms with E-state index >= 15 is 0 Å². The number of hydrogen-bond acceptors (Lipinski definition) is 3. The second-order valence-corrected chi connectivity index (χ2v) is 14.4. The van der Waals surface area contributed by atoms with Gasteiger partial charge in [-0.15, -0.1) is 0 Å². The van der Waals surface area contributed by atoms with Crippen molar-refractivity contribution in [2.24, 2.45) is 0 Å². The van der Waals surface area contributed by atoms with Crippen molar-refractivity contribution in [2.75, 3.05) is 13.2 Å². The van der Waals surface area contributed by atoms with Gasteiger partial charge in [0.25, 0.3) is 0 Å². The van der Waals surface area contributed by atoms with Crippen LogP contribution in [0, 0.1) is 0 Å². The Labute approximate surface area is 148 Å². The van der Waals surface area contributed by atoms with Gasteiger partial charge in [0.1, 0.15) is 0 Å². The van der Waals surface area contributed by atoms with E-state index in [1.165, 1.54) is 51.4 Å². The van der Waals surface area contributed by atoms with Crippen molar-refractivity contribution < 1.29 is 13.0 Å². The molecule has 140 valence electrons. The lowest BCUT2D eigenvalue weighted by atomic mass is 10.1. The van der Waals surface area contributed by atoms with Crippen LogP contribution in [-0.4, -0.2) is 30.3 Å². The van der Waals surface area contributed by atoms with Crippen molar-refractivity contribution in [1.29, 1.82) is 0 Å². The molecule has 0 N–H and O–H groups in total.